The van der Waals surface area contributed by atoms with E-state index >= 15 is 0 Å². The fourth-order valence-electron chi connectivity index (χ4n) is 2.24. The normalized spacial score (nSPS) is 12.2. The van der Waals surface area contributed by atoms with E-state index in [1.165, 1.54) is 6.07 Å². The molecule has 0 aliphatic carbocycles. The first-order chi connectivity index (χ1) is 9.51. The molecule has 0 saturated carbocycles. The van der Waals surface area contributed by atoms with Gasteiger partial charge in [0.2, 0.25) is 0 Å². The number of para-hydroxylation sites is 1. The molecule has 1 atom stereocenters. The minimum absolute atomic E-state index is 0.0200. The summed E-state index contributed by atoms with van der Waals surface area (Å²) >= 11 is 0. The van der Waals surface area contributed by atoms with E-state index in [1.54, 1.807) is 6.07 Å². The van der Waals surface area contributed by atoms with Gasteiger partial charge in [-0.2, -0.15) is 0 Å². The Labute approximate surface area is 119 Å². The number of nitrogens with one attached hydrogen (secondary N) is 1. The summed E-state index contributed by atoms with van der Waals surface area (Å²) in [5.74, 6) is 0.611. The van der Waals surface area contributed by atoms with Crippen molar-refractivity contribution in [1.82, 2.24) is 5.32 Å². The van der Waals surface area contributed by atoms with Crippen LogP contribution in [-0.2, 0) is 0 Å². The van der Waals surface area contributed by atoms with Crippen molar-refractivity contribution in [2.45, 2.75) is 26.8 Å². The SMILES string of the molecule is CNC(C)c1cccc(F)c1Oc1cc(C)cc(C)c1. The summed E-state index contributed by atoms with van der Waals surface area (Å²) in [5, 5.41) is 3.11. The van der Waals surface area contributed by atoms with Crippen LogP contribution < -0.4 is 10.1 Å². The second-order valence-corrected chi connectivity index (χ2v) is 5.09. The van der Waals surface area contributed by atoms with Crippen LogP contribution in [0.5, 0.6) is 11.5 Å². The van der Waals surface area contributed by atoms with Gasteiger partial charge in [0.15, 0.2) is 11.6 Å². The van der Waals surface area contributed by atoms with Crippen LogP contribution in [0.3, 0.4) is 0 Å². The van der Waals surface area contributed by atoms with E-state index in [-0.39, 0.29) is 11.9 Å². The van der Waals surface area contributed by atoms with Gasteiger partial charge in [-0.15, -0.1) is 0 Å². The van der Waals surface area contributed by atoms with E-state index in [1.807, 2.05) is 46.0 Å². The van der Waals surface area contributed by atoms with E-state index in [0.717, 1.165) is 16.7 Å². The van der Waals surface area contributed by atoms with E-state index < -0.39 is 0 Å². The maximum absolute atomic E-state index is 14.1. The highest BCUT2D eigenvalue weighted by Gasteiger charge is 2.15. The van der Waals surface area contributed by atoms with Gasteiger partial charge >= 0.3 is 0 Å². The van der Waals surface area contributed by atoms with Gasteiger partial charge in [-0.05, 0) is 57.1 Å². The molecule has 0 amide bonds. The zero-order valence-corrected chi connectivity index (χ0v) is 12.3. The Balaban J connectivity index is 2.42. The third-order valence-corrected chi connectivity index (χ3v) is 3.31. The second kappa shape index (κ2) is 6.06. The van der Waals surface area contributed by atoms with Crippen molar-refractivity contribution in [3.63, 3.8) is 0 Å². The van der Waals surface area contributed by atoms with Crippen molar-refractivity contribution in [3.05, 3.63) is 58.9 Å². The molecule has 0 radical (unpaired) electrons. The van der Waals surface area contributed by atoms with Crippen LogP contribution in [0.25, 0.3) is 0 Å². The van der Waals surface area contributed by atoms with Crippen molar-refractivity contribution in [1.29, 1.82) is 0 Å². The summed E-state index contributed by atoms with van der Waals surface area (Å²) in [6.45, 7) is 5.97. The fraction of sp³-hybridized carbons (Fsp3) is 0.294. The lowest BCUT2D eigenvalue weighted by Crippen LogP contribution is -2.13. The average Bonchev–Trinajstić information content (AvgIpc) is 2.39. The van der Waals surface area contributed by atoms with Crippen LogP contribution in [0.1, 0.15) is 29.7 Å². The molecule has 0 saturated heterocycles. The largest absolute Gasteiger partial charge is 0.454 e. The molecule has 1 N–H and O–H groups in total. The Morgan fingerprint density at radius 3 is 2.35 bits per heavy atom. The van der Waals surface area contributed by atoms with Gasteiger partial charge < -0.3 is 10.1 Å². The number of aryl methyl sites for hydroxylation is 2. The molecule has 0 spiro atoms. The van der Waals surface area contributed by atoms with Crippen molar-refractivity contribution < 1.29 is 9.13 Å². The summed E-state index contributed by atoms with van der Waals surface area (Å²) in [4.78, 5) is 0. The van der Waals surface area contributed by atoms with Gasteiger partial charge in [-0.1, -0.05) is 18.2 Å². The van der Waals surface area contributed by atoms with Crippen molar-refractivity contribution in [2.24, 2.45) is 0 Å². The minimum atomic E-state index is -0.344. The van der Waals surface area contributed by atoms with Gasteiger partial charge in [0.25, 0.3) is 0 Å². The molecule has 2 aromatic rings. The number of halogens is 1. The molecule has 0 bridgehead atoms. The summed E-state index contributed by atoms with van der Waals surface area (Å²) in [6.07, 6.45) is 0. The maximum atomic E-state index is 14.1. The first-order valence-electron chi connectivity index (χ1n) is 6.73. The first-order valence-corrected chi connectivity index (χ1v) is 6.73. The quantitative estimate of drug-likeness (QED) is 0.884. The molecular weight excluding hydrogens is 253 g/mol. The Morgan fingerprint density at radius 2 is 1.75 bits per heavy atom. The highest BCUT2D eigenvalue weighted by molar-refractivity contribution is 5.42. The van der Waals surface area contributed by atoms with E-state index in [9.17, 15) is 4.39 Å². The van der Waals surface area contributed by atoms with Crippen LogP contribution in [0.2, 0.25) is 0 Å². The molecule has 0 aromatic heterocycles. The lowest BCUT2D eigenvalue weighted by atomic mass is 10.1. The van der Waals surface area contributed by atoms with E-state index in [2.05, 4.69) is 11.4 Å². The van der Waals surface area contributed by atoms with Crippen molar-refractivity contribution in [3.8, 4) is 11.5 Å². The molecule has 106 valence electrons. The van der Waals surface area contributed by atoms with E-state index in [0.29, 0.717) is 11.5 Å². The molecule has 2 aromatic carbocycles. The van der Waals surface area contributed by atoms with Crippen LogP contribution in [0.15, 0.2) is 36.4 Å². The minimum Gasteiger partial charge on any atom is -0.454 e. The monoisotopic (exact) mass is 273 g/mol. The summed E-state index contributed by atoms with van der Waals surface area (Å²) < 4.78 is 19.9. The topological polar surface area (TPSA) is 21.3 Å². The summed E-state index contributed by atoms with van der Waals surface area (Å²) in [5.41, 5.74) is 3.01. The standard InChI is InChI=1S/C17H20FNO/c1-11-8-12(2)10-14(9-11)20-17-15(13(3)19-4)6-5-7-16(17)18/h5-10,13,19H,1-4H3. The highest BCUT2D eigenvalue weighted by atomic mass is 19.1. The first kappa shape index (κ1) is 14.5. The zero-order valence-electron chi connectivity index (χ0n) is 12.3. The molecule has 0 aliphatic rings. The van der Waals surface area contributed by atoms with Crippen LogP contribution >= 0.6 is 0 Å². The summed E-state index contributed by atoms with van der Waals surface area (Å²) in [7, 11) is 1.84. The molecule has 20 heavy (non-hydrogen) atoms. The second-order valence-electron chi connectivity index (χ2n) is 5.09. The fourth-order valence-corrected chi connectivity index (χ4v) is 2.24. The van der Waals surface area contributed by atoms with Crippen LogP contribution in [0.4, 0.5) is 4.39 Å². The Morgan fingerprint density at radius 1 is 1.10 bits per heavy atom. The molecule has 0 heterocycles. The molecule has 2 rings (SSSR count). The van der Waals surface area contributed by atoms with E-state index in [4.69, 9.17) is 4.74 Å². The highest BCUT2D eigenvalue weighted by Crippen LogP contribution is 2.32. The number of hydrogen-bond acceptors (Lipinski definition) is 2. The maximum Gasteiger partial charge on any atom is 0.167 e. The van der Waals surface area contributed by atoms with Gasteiger partial charge in [0, 0.05) is 11.6 Å². The van der Waals surface area contributed by atoms with Crippen molar-refractivity contribution >= 4 is 0 Å². The van der Waals surface area contributed by atoms with Crippen LogP contribution in [0, 0.1) is 19.7 Å². The van der Waals surface area contributed by atoms with Gasteiger partial charge in [-0.3, -0.25) is 0 Å². The molecule has 0 fully saturated rings. The lowest BCUT2D eigenvalue weighted by Gasteiger charge is -2.17. The molecular formula is C17H20FNO. The third-order valence-electron chi connectivity index (χ3n) is 3.31. The predicted molar refractivity (Wildman–Crippen MR) is 79.9 cm³/mol. The molecule has 2 nitrogen and oxygen atoms in total. The number of ether oxygens (including phenoxy) is 1. The molecule has 1 unspecified atom stereocenters. The third kappa shape index (κ3) is 3.17. The molecule has 3 heteroatoms. The lowest BCUT2D eigenvalue weighted by molar-refractivity contribution is 0.428. The molecule has 0 aliphatic heterocycles. The van der Waals surface area contributed by atoms with Gasteiger partial charge in [-0.25, -0.2) is 4.39 Å². The van der Waals surface area contributed by atoms with Crippen LogP contribution in [-0.4, -0.2) is 7.05 Å². The average molecular weight is 273 g/mol. The smallest absolute Gasteiger partial charge is 0.167 e. The number of hydrogen-bond donors (Lipinski definition) is 1. The Bertz CT molecular complexity index is 590. The van der Waals surface area contributed by atoms with Gasteiger partial charge in [0.05, 0.1) is 0 Å². The van der Waals surface area contributed by atoms with Crippen molar-refractivity contribution in [2.75, 3.05) is 7.05 Å². The summed E-state index contributed by atoms with van der Waals surface area (Å²) in [6, 6.07) is 10.9. The number of rotatable bonds is 4. The Hall–Kier alpha value is -1.87. The Kier molecular flexibility index (Phi) is 4.40. The zero-order chi connectivity index (χ0) is 14.7. The predicted octanol–water partition coefficient (Wildman–Crippen LogP) is 4.52. The van der Waals surface area contributed by atoms with Gasteiger partial charge in [0.1, 0.15) is 5.75 Å². The number of benzene rings is 2.